The molecule has 0 saturated heterocycles. The highest BCUT2D eigenvalue weighted by Gasteiger charge is 2.30. The molecule has 1 heterocycles. The van der Waals surface area contributed by atoms with E-state index in [9.17, 15) is 5.11 Å². The molecular weight excluding hydrogens is 176 g/mol. The fourth-order valence-corrected chi connectivity index (χ4v) is 1.74. The molecule has 3 heteroatoms. The molecule has 0 aromatic rings. The lowest BCUT2D eigenvalue weighted by Crippen LogP contribution is -2.44. The quantitative estimate of drug-likeness (QED) is 0.625. The third kappa shape index (κ3) is 1.72. The molecule has 2 N–H and O–H groups in total. The van der Waals surface area contributed by atoms with Crippen LogP contribution in [-0.4, -0.2) is 15.5 Å². The molecule has 1 rings (SSSR count). The van der Waals surface area contributed by atoms with Crippen LogP contribution in [0.3, 0.4) is 0 Å². The van der Waals surface area contributed by atoms with Gasteiger partial charge in [-0.2, -0.15) is 0 Å². The first-order valence-corrected chi connectivity index (χ1v) is 4.89. The monoisotopic (exact) mass is 196 g/mol. The Morgan fingerprint density at radius 2 is 1.57 bits per heavy atom. The van der Waals surface area contributed by atoms with Gasteiger partial charge in [-0.15, -0.1) is 0 Å². The fraction of sp³-hybridized carbons (Fsp3) is 0.636. The van der Waals surface area contributed by atoms with Crippen molar-refractivity contribution in [2.24, 2.45) is 0 Å². The summed E-state index contributed by atoms with van der Waals surface area (Å²) >= 11 is 0. The summed E-state index contributed by atoms with van der Waals surface area (Å²) in [5, 5.41) is 13.1. The largest absolute Gasteiger partial charge is 0.493 e. The number of rotatable bonds is 0. The Labute approximate surface area is 86.1 Å². The summed E-state index contributed by atoms with van der Waals surface area (Å²) in [5.74, 6) is 0.320. The van der Waals surface area contributed by atoms with Crippen LogP contribution in [0.1, 0.15) is 41.5 Å². The van der Waals surface area contributed by atoms with Gasteiger partial charge in [0.05, 0.1) is 5.70 Å². The number of aliphatic hydroxyl groups excluding tert-OH is 1. The van der Waals surface area contributed by atoms with Crippen molar-refractivity contribution in [1.29, 1.82) is 0 Å². The van der Waals surface area contributed by atoms with E-state index in [2.05, 4.69) is 26.1 Å². The molecule has 80 valence electrons. The van der Waals surface area contributed by atoms with Crippen molar-refractivity contribution >= 4 is 0 Å². The van der Waals surface area contributed by atoms with E-state index in [1.807, 2.05) is 25.7 Å². The van der Waals surface area contributed by atoms with Crippen LogP contribution >= 0.6 is 0 Å². The van der Waals surface area contributed by atoms with Crippen molar-refractivity contribution in [3.8, 4) is 0 Å². The third-order valence-corrected chi connectivity index (χ3v) is 2.47. The van der Waals surface area contributed by atoms with Crippen molar-refractivity contribution in [1.82, 2.24) is 10.2 Å². The van der Waals surface area contributed by atoms with Crippen molar-refractivity contribution in [3.05, 3.63) is 23.0 Å². The number of hydrogen-bond acceptors (Lipinski definition) is 3. The van der Waals surface area contributed by atoms with Crippen molar-refractivity contribution in [2.75, 3.05) is 0 Å². The summed E-state index contributed by atoms with van der Waals surface area (Å²) in [5.41, 5.74) is 2.87. The molecule has 1 aliphatic heterocycles. The molecule has 3 nitrogen and oxygen atoms in total. The van der Waals surface area contributed by atoms with E-state index in [1.165, 1.54) is 0 Å². The van der Waals surface area contributed by atoms with Gasteiger partial charge in [-0.05, 0) is 41.5 Å². The van der Waals surface area contributed by atoms with Gasteiger partial charge in [0.25, 0.3) is 0 Å². The molecule has 0 aliphatic carbocycles. The molecular formula is C11H20N2O. The molecule has 14 heavy (non-hydrogen) atoms. The van der Waals surface area contributed by atoms with Gasteiger partial charge in [0.1, 0.15) is 0 Å². The Hall–Kier alpha value is -1.12. The van der Waals surface area contributed by atoms with E-state index in [4.69, 9.17) is 0 Å². The lowest BCUT2D eigenvalue weighted by atomic mass is 10.0. The van der Waals surface area contributed by atoms with Crippen LogP contribution in [0.2, 0.25) is 0 Å². The Bertz CT molecular complexity index is 284. The molecule has 0 amide bonds. The first kappa shape index (κ1) is 11.0. The predicted octanol–water partition coefficient (Wildman–Crippen LogP) is 2.69. The Morgan fingerprint density at radius 1 is 1.07 bits per heavy atom. The lowest BCUT2D eigenvalue weighted by molar-refractivity contribution is 0.132. The van der Waals surface area contributed by atoms with Gasteiger partial charge in [-0.1, -0.05) is 0 Å². The normalized spacial score (nSPS) is 18.9. The molecule has 0 fully saturated rings. The second-order valence-corrected chi connectivity index (χ2v) is 4.79. The summed E-state index contributed by atoms with van der Waals surface area (Å²) in [4.78, 5) is 1.95. The average Bonchev–Trinajstić information content (AvgIpc) is 1.98. The second-order valence-electron chi connectivity index (χ2n) is 4.79. The van der Waals surface area contributed by atoms with Gasteiger partial charge in [-0.25, -0.2) is 0 Å². The Kier molecular flexibility index (Phi) is 2.52. The van der Waals surface area contributed by atoms with Crippen LogP contribution < -0.4 is 5.32 Å². The maximum atomic E-state index is 9.97. The van der Waals surface area contributed by atoms with Crippen molar-refractivity contribution in [2.45, 2.75) is 47.1 Å². The molecule has 1 aliphatic rings. The van der Waals surface area contributed by atoms with Crippen molar-refractivity contribution in [3.63, 3.8) is 0 Å². The van der Waals surface area contributed by atoms with Gasteiger partial charge in [-0.3, -0.25) is 0 Å². The molecule has 0 aromatic carbocycles. The summed E-state index contributed by atoms with van der Waals surface area (Å²) in [6, 6.07) is 0. The zero-order valence-electron chi connectivity index (χ0n) is 9.89. The zero-order valence-corrected chi connectivity index (χ0v) is 9.89. The van der Waals surface area contributed by atoms with Crippen LogP contribution in [-0.2, 0) is 0 Å². The van der Waals surface area contributed by atoms with Gasteiger partial charge >= 0.3 is 0 Å². The first-order valence-electron chi connectivity index (χ1n) is 4.89. The molecule has 0 saturated carbocycles. The Morgan fingerprint density at radius 3 is 2.00 bits per heavy atom. The van der Waals surface area contributed by atoms with Crippen LogP contribution in [0.15, 0.2) is 23.0 Å². The van der Waals surface area contributed by atoms with Crippen LogP contribution in [0.5, 0.6) is 0 Å². The van der Waals surface area contributed by atoms with Crippen LogP contribution in [0.25, 0.3) is 0 Å². The summed E-state index contributed by atoms with van der Waals surface area (Å²) in [6.07, 6.45) is 0. The predicted molar refractivity (Wildman–Crippen MR) is 58.4 cm³/mol. The van der Waals surface area contributed by atoms with E-state index in [0.29, 0.717) is 5.88 Å². The summed E-state index contributed by atoms with van der Waals surface area (Å²) in [6.45, 7) is 12.2. The van der Waals surface area contributed by atoms with Gasteiger partial charge < -0.3 is 15.3 Å². The smallest absolute Gasteiger partial charge is 0.211 e. The lowest BCUT2D eigenvalue weighted by Gasteiger charge is -2.41. The first-order chi connectivity index (χ1) is 6.25. The second kappa shape index (κ2) is 3.23. The van der Waals surface area contributed by atoms with E-state index < -0.39 is 0 Å². The van der Waals surface area contributed by atoms with E-state index in [-0.39, 0.29) is 5.54 Å². The van der Waals surface area contributed by atoms with E-state index >= 15 is 0 Å². The highest BCUT2D eigenvalue weighted by Crippen LogP contribution is 2.29. The van der Waals surface area contributed by atoms with Gasteiger partial charge in [0.15, 0.2) is 0 Å². The highest BCUT2D eigenvalue weighted by atomic mass is 16.3. The van der Waals surface area contributed by atoms with Crippen molar-refractivity contribution < 1.29 is 5.11 Å². The average molecular weight is 196 g/mol. The molecule has 0 atom stereocenters. The number of aliphatic hydroxyl groups is 1. The van der Waals surface area contributed by atoms with Gasteiger partial charge in [0.2, 0.25) is 5.88 Å². The standard InChI is InChI=1S/C11H20N2O/c1-7-9(3)13(11(4,5)6)10(14)8(2)12-7/h12,14H,1-6H3. The molecule has 0 unspecified atom stereocenters. The van der Waals surface area contributed by atoms with E-state index in [1.54, 1.807) is 0 Å². The Balaban J connectivity index is 3.18. The van der Waals surface area contributed by atoms with Crippen LogP contribution in [0, 0.1) is 0 Å². The summed E-state index contributed by atoms with van der Waals surface area (Å²) < 4.78 is 0. The number of nitrogens with one attached hydrogen (secondary N) is 1. The van der Waals surface area contributed by atoms with Crippen LogP contribution in [0.4, 0.5) is 0 Å². The maximum Gasteiger partial charge on any atom is 0.211 e. The van der Waals surface area contributed by atoms with E-state index in [0.717, 1.165) is 17.1 Å². The molecule has 0 spiro atoms. The number of nitrogens with zero attached hydrogens (tertiary/aromatic N) is 1. The minimum Gasteiger partial charge on any atom is -0.493 e. The summed E-state index contributed by atoms with van der Waals surface area (Å²) in [7, 11) is 0. The number of hydrogen-bond donors (Lipinski definition) is 2. The topological polar surface area (TPSA) is 35.5 Å². The minimum absolute atomic E-state index is 0.0984. The fourth-order valence-electron chi connectivity index (χ4n) is 1.74. The zero-order chi connectivity index (χ0) is 11.1. The highest BCUT2D eigenvalue weighted by molar-refractivity contribution is 5.25. The SMILES string of the molecule is CC1=C(C)N(C(C)(C)C)C(O)=C(C)N1. The minimum atomic E-state index is -0.0984. The molecule has 0 bridgehead atoms. The maximum absolute atomic E-state index is 9.97. The molecule has 0 aromatic heterocycles. The number of allylic oxidation sites excluding steroid dienone is 3. The third-order valence-electron chi connectivity index (χ3n) is 2.47. The molecule has 0 radical (unpaired) electrons. The van der Waals surface area contributed by atoms with Gasteiger partial charge in [0, 0.05) is 16.9 Å².